The molecule has 3 rings (SSSR count). The van der Waals surface area contributed by atoms with Crippen molar-refractivity contribution in [1.82, 2.24) is 0 Å². The molecule has 1 aliphatic heterocycles. The van der Waals surface area contributed by atoms with Crippen molar-refractivity contribution in [1.29, 1.82) is 0 Å². The number of nitrogens with one attached hydrogen (secondary N) is 1. The number of esters is 1. The molecule has 0 spiro atoms. The Morgan fingerprint density at radius 1 is 1.16 bits per heavy atom. The summed E-state index contributed by atoms with van der Waals surface area (Å²) in [7, 11) is 0. The van der Waals surface area contributed by atoms with Crippen molar-refractivity contribution in [2.45, 2.75) is 38.7 Å². The molecule has 6 nitrogen and oxygen atoms in total. The van der Waals surface area contributed by atoms with Gasteiger partial charge in [0.25, 0.3) is 5.91 Å². The molecule has 2 aromatic carbocycles. The quantitative estimate of drug-likeness (QED) is 0.591. The van der Waals surface area contributed by atoms with E-state index >= 15 is 0 Å². The van der Waals surface area contributed by atoms with E-state index in [4.69, 9.17) is 25.8 Å². The first-order valence-electron chi connectivity index (χ1n) is 9.90. The number of halogens is 4. The molecular weight excluding hydrogens is 451 g/mol. The van der Waals surface area contributed by atoms with Gasteiger partial charge in [0.1, 0.15) is 18.0 Å². The molecule has 1 aliphatic rings. The number of carbonyl (C=O) groups is 2. The Balaban J connectivity index is 2.13. The van der Waals surface area contributed by atoms with Crippen LogP contribution in [0.2, 0.25) is 5.02 Å². The Morgan fingerprint density at radius 3 is 2.56 bits per heavy atom. The number of ether oxygens (including phenoxy) is 3. The van der Waals surface area contributed by atoms with Crippen LogP contribution in [0.25, 0.3) is 0 Å². The fraction of sp³-hybridized carbons (Fsp3) is 0.364. The third-order valence-electron chi connectivity index (χ3n) is 4.74. The molecule has 0 radical (unpaired) electrons. The standard InChI is InChI=1S/C22H21ClF3NO5/c1-3-30-16-7-5-6-13(19(16)23)20-14-10-12(22(24,25)26)8-9-15(14)27-21(29)17(32-20)11-18(28)31-4-2/h5-10,17,20H,3-4,11H2,1-2H3,(H,27,29)/t17-,20-/m1/s1. The topological polar surface area (TPSA) is 73.9 Å². The molecule has 0 unspecified atom stereocenters. The number of rotatable bonds is 6. The van der Waals surface area contributed by atoms with Gasteiger partial charge >= 0.3 is 12.1 Å². The van der Waals surface area contributed by atoms with Crippen LogP contribution in [0.3, 0.4) is 0 Å². The highest BCUT2D eigenvalue weighted by Gasteiger charge is 2.37. The summed E-state index contributed by atoms with van der Waals surface area (Å²) in [5.74, 6) is -1.05. The van der Waals surface area contributed by atoms with Crippen LogP contribution < -0.4 is 10.1 Å². The van der Waals surface area contributed by atoms with Gasteiger partial charge in [-0.25, -0.2) is 0 Å². The van der Waals surface area contributed by atoms with E-state index < -0.39 is 42.2 Å². The predicted octanol–water partition coefficient (Wildman–Crippen LogP) is 5.14. The lowest BCUT2D eigenvalue weighted by Gasteiger charge is -2.23. The zero-order valence-corrected chi connectivity index (χ0v) is 18.0. The first-order valence-corrected chi connectivity index (χ1v) is 10.3. The molecule has 1 N–H and O–H groups in total. The second-order valence-corrected chi connectivity index (χ2v) is 7.27. The number of hydrogen-bond acceptors (Lipinski definition) is 5. The van der Waals surface area contributed by atoms with Crippen LogP contribution in [-0.4, -0.2) is 31.2 Å². The Labute approximate surface area is 187 Å². The molecular formula is C22H21ClF3NO5. The van der Waals surface area contributed by atoms with Gasteiger partial charge in [0.05, 0.1) is 30.2 Å². The van der Waals surface area contributed by atoms with Gasteiger partial charge in [-0.1, -0.05) is 23.7 Å². The number of amides is 1. The summed E-state index contributed by atoms with van der Waals surface area (Å²) < 4.78 is 56.5. The van der Waals surface area contributed by atoms with Gasteiger partial charge in [-0.05, 0) is 38.1 Å². The molecule has 2 aromatic rings. The van der Waals surface area contributed by atoms with Crippen molar-refractivity contribution in [3.05, 3.63) is 58.1 Å². The van der Waals surface area contributed by atoms with Gasteiger partial charge in [0.15, 0.2) is 0 Å². The molecule has 0 aromatic heterocycles. The molecule has 0 saturated heterocycles. The van der Waals surface area contributed by atoms with Crippen molar-refractivity contribution < 1.29 is 37.0 Å². The van der Waals surface area contributed by atoms with Crippen LogP contribution in [0.4, 0.5) is 18.9 Å². The maximum atomic E-state index is 13.4. The van der Waals surface area contributed by atoms with Crippen LogP contribution in [-0.2, 0) is 25.2 Å². The number of alkyl halides is 3. The zero-order chi connectivity index (χ0) is 23.5. The Bertz CT molecular complexity index is 1010. The van der Waals surface area contributed by atoms with Crippen molar-refractivity contribution in [2.75, 3.05) is 18.5 Å². The van der Waals surface area contributed by atoms with E-state index in [1.165, 1.54) is 0 Å². The fourth-order valence-corrected chi connectivity index (χ4v) is 3.61. The summed E-state index contributed by atoms with van der Waals surface area (Å²) in [5.41, 5.74) is -0.448. The van der Waals surface area contributed by atoms with E-state index in [0.29, 0.717) is 17.9 Å². The summed E-state index contributed by atoms with van der Waals surface area (Å²) in [4.78, 5) is 24.7. The molecule has 0 fully saturated rings. The van der Waals surface area contributed by atoms with Crippen molar-refractivity contribution >= 4 is 29.2 Å². The minimum absolute atomic E-state index is 0.0510. The molecule has 172 valence electrons. The third-order valence-corrected chi connectivity index (χ3v) is 5.15. The van der Waals surface area contributed by atoms with E-state index in [0.717, 1.165) is 18.2 Å². The summed E-state index contributed by atoms with van der Waals surface area (Å²) in [6, 6.07) is 7.70. The summed E-state index contributed by atoms with van der Waals surface area (Å²) in [5, 5.41) is 2.68. The first kappa shape index (κ1) is 23.9. The Morgan fingerprint density at radius 2 is 1.91 bits per heavy atom. The number of fused-ring (bicyclic) bond motifs is 1. The highest BCUT2D eigenvalue weighted by molar-refractivity contribution is 6.33. The van der Waals surface area contributed by atoms with Crippen LogP contribution >= 0.6 is 11.6 Å². The second kappa shape index (κ2) is 9.79. The van der Waals surface area contributed by atoms with Crippen LogP contribution in [0.5, 0.6) is 5.75 Å². The van der Waals surface area contributed by atoms with Gasteiger partial charge in [0.2, 0.25) is 0 Å². The molecule has 0 bridgehead atoms. The lowest BCUT2D eigenvalue weighted by molar-refractivity contribution is -0.150. The van der Waals surface area contributed by atoms with Gasteiger partial charge in [-0.2, -0.15) is 13.2 Å². The largest absolute Gasteiger partial charge is 0.492 e. The predicted molar refractivity (Wildman–Crippen MR) is 111 cm³/mol. The normalized spacial score (nSPS) is 18.4. The molecule has 32 heavy (non-hydrogen) atoms. The van der Waals surface area contributed by atoms with Gasteiger partial charge in [0, 0.05) is 16.8 Å². The minimum Gasteiger partial charge on any atom is -0.492 e. The maximum Gasteiger partial charge on any atom is 0.416 e. The van der Waals surface area contributed by atoms with E-state index in [1.807, 2.05) is 0 Å². The van der Waals surface area contributed by atoms with E-state index in [1.54, 1.807) is 32.0 Å². The molecule has 2 atom stereocenters. The van der Waals surface area contributed by atoms with Gasteiger partial charge in [-0.3, -0.25) is 9.59 Å². The number of anilines is 1. The van der Waals surface area contributed by atoms with Gasteiger partial charge < -0.3 is 19.5 Å². The second-order valence-electron chi connectivity index (χ2n) is 6.90. The third kappa shape index (κ3) is 5.16. The van der Waals surface area contributed by atoms with E-state index in [-0.39, 0.29) is 22.9 Å². The van der Waals surface area contributed by atoms with E-state index in [9.17, 15) is 22.8 Å². The first-order chi connectivity index (χ1) is 15.2. The maximum absolute atomic E-state index is 13.4. The lowest BCUT2D eigenvalue weighted by atomic mass is 9.97. The van der Waals surface area contributed by atoms with Crippen LogP contribution in [0.15, 0.2) is 36.4 Å². The number of carbonyl (C=O) groups excluding carboxylic acids is 2. The number of hydrogen-bond donors (Lipinski definition) is 1. The smallest absolute Gasteiger partial charge is 0.416 e. The molecule has 1 amide bonds. The van der Waals surface area contributed by atoms with Crippen LogP contribution in [0, 0.1) is 0 Å². The Kier molecular flexibility index (Phi) is 7.30. The molecule has 0 aliphatic carbocycles. The number of benzene rings is 2. The molecule has 0 saturated carbocycles. The van der Waals surface area contributed by atoms with Crippen LogP contribution in [0.1, 0.15) is 43.1 Å². The summed E-state index contributed by atoms with van der Waals surface area (Å²) in [6.45, 7) is 3.79. The Hall–Kier alpha value is -2.78. The lowest BCUT2D eigenvalue weighted by Crippen LogP contribution is -2.32. The summed E-state index contributed by atoms with van der Waals surface area (Å²) in [6.07, 6.45) is -7.53. The average Bonchev–Trinajstić information content (AvgIpc) is 2.85. The SMILES string of the molecule is CCOC(=O)C[C@H]1O[C@H](c2cccc(OCC)c2Cl)c2cc(C(F)(F)F)ccc2NC1=O. The summed E-state index contributed by atoms with van der Waals surface area (Å²) >= 11 is 6.49. The van der Waals surface area contributed by atoms with E-state index in [2.05, 4.69) is 5.32 Å². The van der Waals surface area contributed by atoms with Crippen molar-refractivity contribution in [3.8, 4) is 5.75 Å². The monoisotopic (exact) mass is 471 g/mol. The minimum atomic E-state index is -4.61. The van der Waals surface area contributed by atoms with Crippen molar-refractivity contribution in [2.24, 2.45) is 0 Å². The van der Waals surface area contributed by atoms with Gasteiger partial charge in [-0.15, -0.1) is 0 Å². The average molecular weight is 472 g/mol. The zero-order valence-electron chi connectivity index (χ0n) is 17.3. The highest BCUT2D eigenvalue weighted by Crippen LogP contribution is 2.43. The van der Waals surface area contributed by atoms with Crippen molar-refractivity contribution in [3.63, 3.8) is 0 Å². The highest BCUT2D eigenvalue weighted by atomic mass is 35.5. The molecule has 10 heteroatoms. The molecule has 1 heterocycles. The fourth-order valence-electron chi connectivity index (χ4n) is 3.33.